The average Bonchev–Trinajstić information content (AvgIpc) is 2.85. The summed E-state index contributed by atoms with van der Waals surface area (Å²) in [5, 5.41) is 0. The largest absolute Gasteiger partial charge is 0.494 e. The van der Waals surface area contributed by atoms with E-state index in [4.69, 9.17) is 4.74 Å². The summed E-state index contributed by atoms with van der Waals surface area (Å²) in [7, 11) is 0. The van der Waals surface area contributed by atoms with Crippen molar-refractivity contribution < 1.29 is 4.74 Å². The van der Waals surface area contributed by atoms with E-state index in [0.29, 0.717) is 0 Å². The van der Waals surface area contributed by atoms with Gasteiger partial charge in [-0.25, -0.2) is 0 Å². The minimum atomic E-state index is 0.803. The van der Waals surface area contributed by atoms with Gasteiger partial charge >= 0.3 is 0 Å². The fraction of sp³-hybridized carbons (Fsp3) is 0.200. The Labute approximate surface area is 186 Å². The van der Waals surface area contributed by atoms with Gasteiger partial charge in [-0.1, -0.05) is 117 Å². The molecule has 4 rings (SSSR count). The molecule has 4 aromatic carbocycles. The Morgan fingerprint density at radius 2 is 0.871 bits per heavy atom. The Bertz CT molecular complexity index is 1050. The molecule has 31 heavy (non-hydrogen) atoms. The van der Waals surface area contributed by atoms with E-state index in [1.807, 2.05) is 0 Å². The zero-order chi connectivity index (χ0) is 21.3. The van der Waals surface area contributed by atoms with Gasteiger partial charge in [-0.15, -0.1) is 0 Å². The van der Waals surface area contributed by atoms with Crippen molar-refractivity contribution in [2.45, 2.75) is 32.6 Å². The lowest BCUT2D eigenvalue weighted by molar-refractivity contribution is 0.305. The minimum Gasteiger partial charge on any atom is -0.494 e. The molecule has 0 radical (unpaired) electrons. The Kier molecular flexibility index (Phi) is 7.18. The van der Waals surface area contributed by atoms with Crippen LogP contribution in [0.1, 0.15) is 32.6 Å². The lowest BCUT2D eigenvalue weighted by atomic mass is 9.98. The van der Waals surface area contributed by atoms with Gasteiger partial charge in [0.1, 0.15) is 5.75 Å². The normalized spacial score (nSPS) is 10.7. The Hall–Kier alpha value is -3.32. The van der Waals surface area contributed by atoms with Crippen LogP contribution < -0.4 is 4.74 Å². The standard InChI is InChI=1S/C30H30O/c1-2-3-4-8-23-31-30-21-19-29(20-22-30)28-17-15-27(16-18-28)26-13-11-25(12-14-26)24-9-6-5-7-10-24/h5-7,9-22H,2-4,8,23H2,1H3. The highest BCUT2D eigenvalue weighted by atomic mass is 16.5. The van der Waals surface area contributed by atoms with Crippen LogP contribution in [0.2, 0.25) is 0 Å². The second-order valence-electron chi connectivity index (χ2n) is 7.95. The highest BCUT2D eigenvalue weighted by Crippen LogP contribution is 2.28. The molecule has 4 aromatic rings. The van der Waals surface area contributed by atoms with Gasteiger partial charge in [-0.05, 0) is 51.9 Å². The van der Waals surface area contributed by atoms with E-state index in [9.17, 15) is 0 Å². The fourth-order valence-electron chi connectivity index (χ4n) is 3.80. The molecule has 0 aliphatic carbocycles. The summed E-state index contributed by atoms with van der Waals surface area (Å²) in [4.78, 5) is 0. The number of benzene rings is 4. The van der Waals surface area contributed by atoms with Crippen LogP contribution in [0.4, 0.5) is 0 Å². The molecule has 0 aliphatic heterocycles. The topological polar surface area (TPSA) is 9.23 Å². The van der Waals surface area contributed by atoms with Crippen molar-refractivity contribution in [3.63, 3.8) is 0 Å². The molecule has 0 spiro atoms. The molecular weight excluding hydrogens is 376 g/mol. The first-order valence-corrected chi connectivity index (χ1v) is 11.3. The Balaban J connectivity index is 1.39. The van der Waals surface area contributed by atoms with Crippen LogP contribution in [0.15, 0.2) is 103 Å². The molecule has 156 valence electrons. The molecule has 0 saturated heterocycles. The monoisotopic (exact) mass is 406 g/mol. The summed E-state index contributed by atoms with van der Waals surface area (Å²) in [5.74, 6) is 0.954. The third-order valence-corrected chi connectivity index (χ3v) is 5.66. The van der Waals surface area contributed by atoms with Crippen molar-refractivity contribution in [3.8, 4) is 39.1 Å². The molecule has 1 heteroatoms. The molecule has 0 bridgehead atoms. The summed E-state index contributed by atoms with van der Waals surface area (Å²) in [6.45, 7) is 3.03. The van der Waals surface area contributed by atoms with Gasteiger partial charge in [-0.3, -0.25) is 0 Å². The minimum absolute atomic E-state index is 0.803. The quantitative estimate of drug-likeness (QED) is 0.253. The molecule has 0 aromatic heterocycles. The molecule has 1 nitrogen and oxygen atoms in total. The first kappa shape index (κ1) is 20.9. The fourth-order valence-corrected chi connectivity index (χ4v) is 3.80. The van der Waals surface area contributed by atoms with Crippen LogP contribution in [-0.2, 0) is 0 Å². The molecule has 0 amide bonds. The number of hydrogen-bond donors (Lipinski definition) is 0. The average molecular weight is 407 g/mol. The van der Waals surface area contributed by atoms with Crippen LogP contribution in [0.25, 0.3) is 33.4 Å². The second-order valence-corrected chi connectivity index (χ2v) is 7.95. The summed E-state index contributed by atoms with van der Waals surface area (Å²) >= 11 is 0. The molecule has 0 atom stereocenters. The van der Waals surface area contributed by atoms with E-state index >= 15 is 0 Å². The first-order chi connectivity index (χ1) is 15.3. The Morgan fingerprint density at radius 1 is 0.452 bits per heavy atom. The predicted octanol–water partition coefficient (Wildman–Crippen LogP) is 8.65. The molecule has 0 heterocycles. The van der Waals surface area contributed by atoms with E-state index in [2.05, 4.69) is 110 Å². The Morgan fingerprint density at radius 3 is 1.32 bits per heavy atom. The van der Waals surface area contributed by atoms with Crippen LogP contribution in [0.3, 0.4) is 0 Å². The molecular formula is C30H30O. The van der Waals surface area contributed by atoms with Crippen molar-refractivity contribution in [3.05, 3.63) is 103 Å². The van der Waals surface area contributed by atoms with E-state index in [0.717, 1.165) is 18.8 Å². The molecule has 0 fully saturated rings. The van der Waals surface area contributed by atoms with E-state index in [1.165, 1.54) is 52.6 Å². The van der Waals surface area contributed by atoms with Crippen LogP contribution in [0, 0.1) is 0 Å². The summed E-state index contributed by atoms with van der Waals surface area (Å²) in [5.41, 5.74) is 7.39. The smallest absolute Gasteiger partial charge is 0.119 e. The summed E-state index contributed by atoms with van der Waals surface area (Å²) in [6.07, 6.45) is 4.92. The van der Waals surface area contributed by atoms with Crippen molar-refractivity contribution >= 4 is 0 Å². The predicted molar refractivity (Wildman–Crippen MR) is 132 cm³/mol. The zero-order valence-electron chi connectivity index (χ0n) is 18.3. The lowest BCUT2D eigenvalue weighted by Crippen LogP contribution is -1.96. The van der Waals surface area contributed by atoms with Gasteiger partial charge in [0.05, 0.1) is 6.61 Å². The first-order valence-electron chi connectivity index (χ1n) is 11.3. The van der Waals surface area contributed by atoms with E-state index in [1.54, 1.807) is 0 Å². The molecule has 0 N–H and O–H groups in total. The van der Waals surface area contributed by atoms with Crippen LogP contribution in [0.5, 0.6) is 5.75 Å². The number of unbranched alkanes of at least 4 members (excludes halogenated alkanes) is 3. The third kappa shape index (κ3) is 5.64. The highest BCUT2D eigenvalue weighted by Gasteiger charge is 2.03. The third-order valence-electron chi connectivity index (χ3n) is 5.66. The molecule has 0 unspecified atom stereocenters. The van der Waals surface area contributed by atoms with Gasteiger partial charge in [0.25, 0.3) is 0 Å². The molecule has 0 aliphatic rings. The van der Waals surface area contributed by atoms with E-state index < -0.39 is 0 Å². The number of hydrogen-bond acceptors (Lipinski definition) is 1. The summed E-state index contributed by atoms with van der Waals surface area (Å²) in [6, 6.07) is 36.5. The van der Waals surface area contributed by atoms with E-state index in [-0.39, 0.29) is 0 Å². The SMILES string of the molecule is CCCCCCOc1ccc(-c2ccc(-c3ccc(-c4ccccc4)cc3)cc2)cc1. The van der Waals surface area contributed by atoms with Gasteiger partial charge in [-0.2, -0.15) is 0 Å². The molecule has 0 saturated carbocycles. The number of ether oxygens (including phenoxy) is 1. The van der Waals surface area contributed by atoms with Gasteiger partial charge in [0, 0.05) is 0 Å². The summed E-state index contributed by atoms with van der Waals surface area (Å²) < 4.78 is 5.86. The van der Waals surface area contributed by atoms with Crippen molar-refractivity contribution in [1.82, 2.24) is 0 Å². The zero-order valence-corrected chi connectivity index (χ0v) is 18.3. The van der Waals surface area contributed by atoms with Gasteiger partial charge < -0.3 is 4.74 Å². The van der Waals surface area contributed by atoms with Crippen molar-refractivity contribution in [2.24, 2.45) is 0 Å². The van der Waals surface area contributed by atoms with Crippen molar-refractivity contribution in [1.29, 1.82) is 0 Å². The van der Waals surface area contributed by atoms with Crippen LogP contribution >= 0.6 is 0 Å². The van der Waals surface area contributed by atoms with Crippen molar-refractivity contribution in [2.75, 3.05) is 6.61 Å². The van der Waals surface area contributed by atoms with Crippen LogP contribution in [-0.4, -0.2) is 6.61 Å². The van der Waals surface area contributed by atoms with Gasteiger partial charge in [0.15, 0.2) is 0 Å². The number of rotatable bonds is 9. The van der Waals surface area contributed by atoms with Gasteiger partial charge in [0.2, 0.25) is 0 Å². The maximum atomic E-state index is 5.86. The second kappa shape index (κ2) is 10.6. The lowest BCUT2D eigenvalue weighted by Gasteiger charge is -2.09. The maximum absolute atomic E-state index is 5.86. The maximum Gasteiger partial charge on any atom is 0.119 e. The highest BCUT2D eigenvalue weighted by molar-refractivity contribution is 5.73.